The molecule has 184 valence electrons. The first kappa shape index (κ1) is 24.9. The van der Waals surface area contributed by atoms with E-state index in [1.54, 1.807) is 44.1 Å². The lowest BCUT2D eigenvalue weighted by Crippen LogP contribution is -2.28. The van der Waals surface area contributed by atoms with E-state index in [1.807, 2.05) is 41.8 Å². The first-order valence-electron chi connectivity index (χ1n) is 11.0. The Morgan fingerprint density at radius 3 is 2.54 bits per heavy atom. The van der Waals surface area contributed by atoms with Gasteiger partial charge in [0.15, 0.2) is 5.13 Å². The maximum absolute atomic E-state index is 12.8. The van der Waals surface area contributed by atoms with Crippen molar-refractivity contribution in [3.63, 3.8) is 0 Å². The van der Waals surface area contributed by atoms with Crippen molar-refractivity contribution in [2.24, 2.45) is 5.92 Å². The van der Waals surface area contributed by atoms with E-state index >= 15 is 0 Å². The fourth-order valence-corrected chi connectivity index (χ4v) is 5.45. The highest BCUT2D eigenvalue weighted by molar-refractivity contribution is 7.97. The molecule has 0 spiro atoms. The van der Waals surface area contributed by atoms with Crippen molar-refractivity contribution in [3.8, 4) is 17.2 Å². The molecule has 1 fully saturated rings. The standard InChI is InChI=1S/C25H27N3O5S2/c1-31-20-6-4-5-19(10-20)28-12-17(9-23(28)29)24(30)27-25-26-18(15-35-25)14-34-13-16-7-21(32-2)11-22(8-16)33-3/h4-8,10-11,15,17H,9,12-14H2,1-3H3,(H,26,27,30). The van der Waals surface area contributed by atoms with Crippen molar-refractivity contribution in [1.82, 2.24) is 4.98 Å². The first-order valence-corrected chi connectivity index (χ1v) is 13.0. The molecule has 1 unspecified atom stereocenters. The van der Waals surface area contributed by atoms with Crippen molar-refractivity contribution >= 4 is 45.7 Å². The number of rotatable bonds is 10. The number of aromatic nitrogens is 1. The van der Waals surface area contributed by atoms with E-state index in [2.05, 4.69) is 10.3 Å². The van der Waals surface area contributed by atoms with Crippen LogP contribution in [0.4, 0.5) is 10.8 Å². The number of methoxy groups -OCH3 is 3. The van der Waals surface area contributed by atoms with Crippen LogP contribution in [0.2, 0.25) is 0 Å². The third-order valence-corrected chi connectivity index (χ3v) is 7.42. The predicted molar refractivity (Wildman–Crippen MR) is 139 cm³/mol. The van der Waals surface area contributed by atoms with Gasteiger partial charge >= 0.3 is 0 Å². The largest absolute Gasteiger partial charge is 0.497 e. The summed E-state index contributed by atoms with van der Waals surface area (Å²) in [5.74, 6) is 2.96. The minimum absolute atomic E-state index is 0.0798. The van der Waals surface area contributed by atoms with Crippen molar-refractivity contribution in [2.75, 3.05) is 38.1 Å². The Morgan fingerprint density at radius 1 is 1.09 bits per heavy atom. The van der Waals surface area contributed by atoms with Gasteiger partial charge in [0.25, 0.3) is 0 Å². The smallest absolute Gasteiger partial charge is 0.231 e. The van der Waals surface area contributed by atoms with Gasteiger partial charge in [-0.1, -0.05) is 6.07 Å². The predicted octanol–water partition coefficient (Wildman–Crippen LogP) is 4.59. The number of anilines is 2. The molecule has 2 heterocycles. The van der Waals surface area contributed by atoms with Gasteiger partial charge < -0.3 is 24.4 Å². The van der Waals surface area contributed by atoms with Gasteiger partial charge in [-0.05, 0) is 29.8 Å². The van der Waals surface area contributed by atoms with Crippen LogP contribution in [0.1, 0.15) is 17.7 Å². The molecule has 1 N–H and O–H groups in total. The van der Waals surface area contributed by atoms with Crippen LogP contribution in [0.25, 0.3) is 0 Å². The number of thioether (sulfide) groups is 1. The van der Waals surface area contributed by atoms with Gasteiger partial charge in [0.2, 0.25) is 11.8 Å². The molecule has 1 aliphatic rings. The van der Waals surface area contributed by atoms with Gasteiger partial charge in [0.05, 0.1) is 32.9 Å². The number of nitrogens with zero attached hydrogens (tertiary/aromatic N) is 2. The zero-order chi connectivity index (χ0) is 24.8. The topological polar surface area (TPSA) is 90.0 Å². The molecule has 8 nitrogen and oxygen atoms in total. The zero-order valence-corrected chi connectivity index (χ0v) is 21.4. The van der Waals surface area contributed by atoms with Gasteiger partial charge in [-0.15, -0.1) is 11.3 Å². The second kappa shape index (κ2) is 11.5. The lowest BCUT2D eigenvalue weighted by Gasteiger charge is -2.17. The lowest BCUT2D eigenvalue weighted by molar-refractivity contribution is -0.122. The van der Waals surface area contributed by atoms with E-state index in [0.717, 1.165) is 34.2 Å². The van der Waals surface area contributed by atoms with E-state index in [0.29, 0.717) is 23.2 Å². The second-order valence-corrected chi connectivity index (χ2v) is 9.80. The number of ether oxygens (including phenoxy) is 3. The molecule has 1 saturated heterocycles. The molecule has 0 bridgehead atoms. The van der Waals surface area contributed by atoms with Crippen LogP contribution in [0.3, 0.4) is 0 Å². The Balaban J connectivity index is 1.29. The number of carbonyl (C=O) groups is 2. The Kier molecular flexibility index (Phi) is 8.14. The molecule has 2 aromatic carbocycles. The molecule has 0 radical (unpaired) electrons. The maximum atomic E-state index is 12.8. The fourth-order valence-electron chi connectivity index (χ4n) is 3.77. The molecule has 3 aromatic rings. The molecule has 4 rings (SSSR count). The average molecular weight is 514 g/mol. The molecule has 1 atom stereocenters. The van der Waals surface area contributed by atoms with Crippen molar-refractivity contribution < 1.29 is 23.8 Å². The molecule has 0 saturated carbocycles. The van der Waals surface area contributed by atoms with E-state index in [4.69, 9.17) is 14.2 Å². The fraction of sp³-hybridized carbons (Fsp3) is 0.320. The van der Waals surface area contributed by atoms with E-state index in [1.165, 1.54) is 11.3 Å². The zero-order valence-electron chi connectivity index (χ0n) is 19.8. The highest BCUT2D eigenvalue weighted by atomic mass is 32.2. The quantitative estimate of drug-likeness (QED) is 0.424. The monoisotopic (exact) mass is 513 g/mol. The summed E-state index contributed by atoms with van der Waals surface area (Å²) >= 11 is 3.10. The molecular weight excluding hydrogens is 486 g/mol. The highest BCUT2D eigenvalue weighted by Crippen LogP contribution is 2.30. The maximum Gasteiger partial charge on any atom is 0.231 e. The summed E-state index contributed by atoms with van der Waals surface area (Å²) in [6, 6.07) is 13.1. The van der Waals surface area contributed by atoms with E-state index in [9.17, 15) is 9.59 Å². The number of hydrogen-bond donors (Lipinski definition) is 1. The second-order valence-electron chi connectivity index (χ2n) is 7.95. The third kappa shape index (κ3) is 6.26. The van der Waals surface area contributed by atoms with Crippen LogP contribution in [0, 0.1) is 5.92 Å². The summed E-state index contributed by atoms with van der Waals surface area (Å²) < 4.78 is 15.9. The van der Waals surface area contributed by atoms with Gasteiger partial charge in [-0.2, -0.15) is 11.8 Å². The average Bonchev–Trinajstić information content (AvgIpc) is 3.49. The van der Waals surface area contributed by atoms with Crippen molar-refractivity contribution in [1.29, 1.82) is 0 Å². The molecule has 10 heteroatoms. The van der Waals surface area contributed by atoms with Gasteiger partial charge in [0.1, 0.15) is 17.2 Å². The first-order chi connectivity index (χ1) is 17.0. The molecule has 1 aromatic heterocycles. The Morgan fingerprint density at radius 2 is 1.83 bits per heavy atom. The SMILES string of the molecule is COc1cc(CSCc2csc(NC(=O)C3CC(=O)N(c4cccc(OC)c4)C3)n2)cc(OC)c1. The van der Waals surface area contributed by atoms with Crippen LogP contribution in [0.5, 0.6) is 17.2 Å². The number of carbonyl (C=O) groups excluding carboxylic acids is 2. The van der Waals surface area contributed by atoms with Crippen LogP contribution in [-0.2, 0) is 21.1 Å². The molecule has 0 aliphatic carbocycles. The van der Waals surface area contributed by atoms with Crippen molar-refractivity contribution in [3.05, 3.63) is 59.1 Å². The van der Waals surface area contributed by atoms with Crippen molar-refractivity contribution in [2.45, 2.75) is 17.9 Å². The summed E-state index contributed by atoms with van der Waals surface area (Å²) in [6.07, 6.45) is 0.168. The minimum Gasteiger partial charge on any atom is -0.497 e. The number of benzene rings is 2. The summed E-state index contributed by atoms with van der Waals surface area (Å²) in [5.41, 5.74) is 2.72. The van der Waals surface area contributed by atoms with Crippen LogP contribution in [-0.4, -0.2) is 44.7 Å². The summed E-state index contributed by atoms with van der Waals surface area (Å²) in [5, 5.41) is 5.36. The van der Waals surface area contributed by atoms with Crippen LogP contribution < -0.4 is 24.4 Å². The normalized spacial score (nSPS) is 15.2. The van der Waals surface area contributed by atoms with Gasteiger partial charge in [0, 0.05) is 47.7 Å². The number of thiazole rings is 1. The molecule has 1 aliphatic heterocycles. The Labute approximate surface area is 212 Å². The summed E-state index contributed by atoms with van der Waals surface area (Å²) in [6.45, 7) is 0.329. The Hall–Kier alpha value is -3.24. The van der Waals surface area contributed by atoms with Gasteiger partial charge in [-0.3, -0.25) is 9.59 Å². The minimum atomic E-state index is -0.432. The summed E-state index contributed by atoms with van der Waals surface area (Å²) in [4.78, 5) is 31.5. The Bertz CT molecular complexity index is 1180. The third-order valence-electron chi connectivity index (χ3n) is 5.57. The van der Waals surface area contributed by atoms with Crippen LogP contribution >= 0.6 is 23.1 Å². The number of hydrogen-bond acceptors (Lipinski definition) is 8. The number of nitrogens with one attached hydrogen (secondary N) is 1. The van der Waals surface area contributed by atoms with E-state index < -0.39 is 5.92 Å². The number of amides is 2. The van der Waals surface area contributed by atoms with Gasteiger partial charge in [-0.25, -0.2) is 4.98 Å². The molecule has 2 amide bonds. The molecule has 35 heavy (non-hydrogen) atoms. The summed E-state index contributed by atoms with van der Waals surface area (Å²) in [7, 11) is 4.85. The van der Waals surface area contributed by atoms with Crippen LogP contribution in [0.15, 0.2) is 47.8 Å². The highest BCUT2D eigenvalue weighted by Gasteiger charge is 2.35. The lowest BCUT2D eigenvalue weighted by atomic mass is 10.1. The molecular formula is C25H27N3O5S2. The van der Waals surface area contributed by atoms with E-state index in [-0.39, 0.29) is 18.2 Å².